The van der Waals surface area contributed by atoms with Crippen molar-refractivity contribution in [2.75, 3.05) is 0 Å². The highest BCUT2D eigenvalue weighted by Crippen LogP contribution is 2.27. The Morgan fingerprint density at radius 2 is 2.12 bits per heavy atom. The van der Waals surface area contributed by atoms with Crippen molar-refractivity contribution in [3.8, 4) is 0 Å². The maximum Gasteiger partial charge on any atom is 0.123 e. The zero-order valence-corrected chi connectivity index (χ0v) is 10.6. The molecule has 0 aromatic carbocycles. The molecule has 0 bridgehead atoms. The van der Waals surface area contributed by atoms with Gasteiger partial charge < -0.3 is 5.11 Å². The summed E-state index contributed by atoms with van der Waals surface area (Å²) < 4.78 is 2.45. The van der Waals surface area contributed by atoms with Crippen LogP contribution in [-0.4, -0.2) is 19.9 Å². The quantitative estimate of drug-likeness (QED) is 0.916. The van der Waals surface area contributed by atoms with Gasteiger partial charge in [-0.2, -0.15) is 5.10 Å². The second-order valence-corrected chi connectivity index (χ2v) is 4.55. The van der Waals surface area contributed by atoms with Crippen LogP contribution in [0, 0.1) is 6.92 Å². The largest absolute Gasteiger partial charge is 0.382 e. The normalized spacial score (nSPS) is 12.8. The Morgan fingerprint density at radius 1 is 1.38 bits per heavy atom. The number of hydrogen-bond donors (Lipinski definition) is 1. The van der Waals surface area contributed by atoms with Crippen LogP contribution in [0.3, 0.4) is 0 Å². The Morgan fingerprint density at radius 3 is 2.69 bits per heavy atom. The van der Waals surface area contributed by atoms with Gasteiger partial charge in [0.15, 0.2) is 0 Å². The molecule has 0 aliphatic rings. The van der Waals surface area contributed by atoms with Crippen molar-refractivity contribution < 1.29 is 5.11 Å². The summed E-state index contributed by atoms with van der Waals surface area (Å²) in [5.74, 6) is 0. The number of aliphatic hydroxyl groups is 1. The van der Waals surface area contributed by atoms with Gasteiger partial charge in [0, 0.05) is 25.0 Å². The third-order valence-electron chi connectivity index (χ3n) is 2.41. The lowest BCUT2D eigenvalue weighted by molar-refractivity contribution is 0.208. The van der Waals surface area contributed by atoms with E-state index in [1.807, 2.05) is 13.0 Å². The molecule has 1 unspecified atom stereocenters. The SMILES string of the molecule is Cc1cncc(C(O)c2c(Br)cnn2C)c1. The summed E-state index contributed by atoms with van der Waals surface area (Å²) in [5.41, 5.74) is 2.52. The van der Waals surface area contributed by atoms with Crippen LogP contribution in [0.15, 0.2) is 29.1 Å². The first-order chi connectivity index (χ1) is 7.59. The second kappa shape index (κ2) is 4.35. The molecule has 4 nitrogen and oxygen atoms in total. The van der Waals surface area contributed by atoms with Crippen molar-refractivity contribution in [2.24, 2.45) is 7.05 Å². The molecule has 0 aliphatic carbocycles. The average Bonchev–Trinajstić information content (AvgIpc) is 2.58. The molecule has 0 radical (unpaired) electrons. The molecule has 2 aromatic rings. The monoisotopic (exact) mass is 281 g/mol. The fraction of sp³-hybridized carbons (Fsp3) is 0.273. The Bertz CT molecular complexity index is 490. The molecule has 16 heavy (non-hydrogen) atoms. The summed E-state index contributed by atoms with van der Waals surface area (Å²) in [5, 5.41) is 14.3. The van der Waals surface area contributed by atoms with Gasteiger partial charge in [-0.3, -0.25) is 9.67 Å². The second-order valence-electron chi connectivity index (χ2n) is 3.70. The lowest BCUT2D eigenvalue weighted by Crippen LogP contribution is -2.07. The first kappa shape index (κ1) is 11.3. The number of nitrogens with zero attached hydrogens (tertiary/aromatic N) is 3. The molecule has 0 fully saturated rings. The number of pyridine rings is 1. The molecule has 0 aliphatic heterocycles. The van der Waals surface area contributed by atoms with Crippen molar-refractivity contribution in [3.05, 3.63) is 46.0 Å². The molecule has 0 saturated carbocycles. The van der Waals surface area contributed by atoms with E-state index in [9.17, 15) is 5.11 Å². The minimum atomic E-state index is -0.714. The van der Waals surface area contributed by atoms with Crippen LogP contribution in [-0.2, 0) is 7.05 Å². The number of aliphatic hydroxyl groups excluding tert-OH is 1. The summed E-state index contributed by atoms with van der Waals surface area (Å²) in [7, 11) is 1.80. The standard InChI is InChI=1S/C11H12BrN3O/c1-7-3-8(5-13-4-7)11(16)10-9(12)6-14-15(10)2/h3-6,11,16H,1-2H3. The van der Waals surface area contributed by atoms with Gasteiger partial charge in [-0.25, -0.2) is 0 Å². The third-order valence-corrected chi connectivity index (χ3v) is 3.02. The highest BCUT2D eigenvalue weighted by molar-refractivity contribution is 9.10. The number of aryl methyl sites for hydroxylation is 2. The minimum Gasteiger partial charge on any atom is -0.382 e. The van der Waals surface area contributed by atoms with Crippen molar-refractivity contribution in [3.63, 3.8) is 0 Å². The van der Waals surface area contributed by atoms with Gasteiger partial charge in [0.25, 0.3) is 0 Å². The summed E-state index contributed by atoms with van der Waals surface area (Å²) in [6.45, 7) is 1.95. The first-order valence-corrected chi connectivity index (χ1v) is 5.66. The van der Waals surface area contributed by atoms with E-state index >= 15 is 0 Å². The maximum atomic E-state index is 10.2. The number of halogens is 1. The first-order valence-electron chi connectivity index (χ1n) is 4.86. The third kappa shape index (κ3) is 2.01. The van der Waals surface area contributed by atoms with E-state index in [2.05, 4.69) is 26.0 Å². The van der Waals surface area contributed by atoms with Gasteiger partial charge in [-0.1, -0.05) is 6.07 Å². The minimum absolute atomic E-state index is 0.714. The zero-order chi connectivity index (χ0) is 11.7. The van der Waals surface area contributed by atoms with E-state index in [4.69, 9.17) is 0 Å². The topological polar surface area (TPSA) is 50.9 Å². The molecule has 2 aromatic heterocycles. The van der Waals surface area contributed by atoms with Crippen LogP contribution in [0.1, 0.15) is 22.9 Å². The van der Waals surface area contributed by atoms with Crippen LogP contribution >= 0.6 is 15.9 Å². The highest BCUT2D eigenvalue weighted by atomic mass is 79.9. The summed E-state index contributed by atoms with van der Waals surface area (Å²) in [6.07, 6.45) is 4.38. The Kier molecular flexibility index (Phi) is 3.07. The molecule has 1 N–H and O–H groups in total. The number of aromatic nitrogens is 3. The Labute approximate surface area is 102 Å². The molecule has 1 atom stereocenters. The summed E-state index contributed by atoms with van der Waals surface area (Å²) in [6, 6.07) is 1.91. The fourth-order valence-electron chi connectivity index (χ4n) is 1.61. The van der Waals surface area contributed by atoms with E-state index in [0.717, 1.165) is 21.3 Å². The molecule has 2 heterocycles. The predicted molar refractivity (Wildman–Crippen MR) is 63.9 cm³/mol. The molecular weight excluding hydrogens is 270 g/mol. The van der Waals surface area contributed by atoms with Gasteiger partial charge >= 0.3 is 0 Å². The van der Waals surface area contributed by atoms with Crippen molar-refractivity contribution in [2.45, 2.75) is 13.0 Å². The Hall–Kier alpha value is -1.20. The van der Waals surface area contributed by atoms with Gasteiger partial charge in [0.2, 0.25) is 0 Å². The van der Waals surface area contributed by atoms with E-state index < -0.39 is 6.10 Å². The van der Waals surface area contributed by atoms with Crippen molar-refractivity contribution in [1.29, 1.82) is 0 Å². The summed E-state index contributed by atoms with van der Waals surface area (Å²) >= 11 is 3.37. The molecule has 0 saturated heterocycles. The highest BCUT2D eigenvalue weighted by Gasteiger charge is 2.18. The molecule has 0 amide bonds. The molecule has 5 heteroatoms. The van der Waals surface area contributed by atoms with E-state index in [-0.39, 0.29) is 0 Å². The molecule has 0 spiro atoms. The fourth-order valence-corrected chi connectivity index (χ4v) is 2.18. The number of rotatable bonds is 2. The van der Waals surface area contributed by atoms with Crippen molar-refractivity contribution in [1.82, 2.24) is 14.8 Å². The van der Waals surface area contributed by atoms with Crippen molar-refractivity contribution >= 4 is 15.9 Å². The molecular formula is C11H12BrN3O. The maximum absolute atomic E-state index is 10.2. The van der Waals surface area contributed by atoms with Crippen LogP contribution in [0.4, 0.5) is 0 Å². The van der Waals surface area contributed by atoms with Crippen LogP contribution in [0.5, 0.6) is 0 Å². The van der Waals surface area contributed by atoms with Gasteiger partial charge in [0.05, 0.1) is 16.4 Å². The molecule has 84 valence electrons. The van der Waals surface area contributed by atoms with Crippen LogP contribution in [0.25, 0.3) is 0 Å². The van der Waals surface area contributed by atoms with Gasteiger partial charge in [-0.05, 0) is 28.4 Å². The average molecular weight is 282 g/mol. The van der Waals surface area contributed by atoms with E-state index in [1.165, 1.54) is 0 Å². The summed E-state index contributed by atoms with van der Waals surface area (Å²) in [4.78, 5) is 4.07. The lowest BCUT2D eigenvalue weighted by Gasteiger charge is -2.12. The van der Waals surface area contributed by atoms with E-state index in [0.29, 0.717) is 0 Å². The van der Waals surface area contributed by atoms with Gasteiger partial charge in [0.1, 0.15) is 6.10 Å². The Balaban J connectivity index is 2.43. The van der Waals surface area contributed by atoms with E-state index in [1.54, 1.807) is 30.3 Å². The van der Waals surface area contributed by atoms with Crippen LogP contribution < -0.4 is 0 Å². The van der Waals surface area contributed by atoms with Gasteiger partial charge in [-0.15, -0.1) is 0 Å². The lowest BCUT2D eigenvalue weighted by atomic mass is 10.1. The molecule has 2 rings (SSSR count). The van der Waals surface area contributed by atoms with Crippen LogP contribution in [0.2, 0.25) is 0 Å². The zero-order valence-electron chi connectivity index (χ0n) is 9.05. The number of hydrogen-bond acceptors (Lipinski definition) is 3. The smallest absolute Gasteiger partial charge is 0.123 e. The predicted octanol–water partition coefficient (Wildman–Crippen LogP) is 1.97.